The van der Waals surface area contributed by atoms with Crippen LogP contribution in [0.1, 0.15) is 51.9 Å². The van der Waals surface area contributed by atoms with Gasteiger partial charge in [-0.2, -0.15) is 0 Å². The number of nitrogens with one attached hydrogen (secondary N) is 1. The molecule has 0 rings (SSSR count). The van der Waals surface area contributed by atoms with E-state index in [2.05, 4.69) is 11.6 Å². The topological polar surface area (TPSA) is 49.3 Å². The van der Waals surface area contributed by atoms with E-state index < -0.39 is 5.97 Å². The number of aliphatic carboxylic acids is 1. The molecule has 0 heterocycles. The molecule has 0 radical (unpaired) electrons. The molecule has 0 saturated heterocycles. The largest absolute Gasteiger partial charge is 0.481 e. The van der Waals surface area contributed by atoms with Crippen LogP contribution in [0, 0.1) is 0 Å². The molecular formula is C11H23NO2S2. The van der Waals surface area contributed by atoms with Crippen LogP contribution >= 0.6 is 21.8 Å². The van der Waals surface area contributed by atoms with Crippen LogP contribution in [0.25, 0.3) is 0 Å². The zero-order valence-corrected chi connectivity index (χ0v) is 11.7. The van der Waals surface area contributed by atoms with E-state index >= 15 is 0 Å². The summed E-state index contributed by atoms with van der Waals surface area (Å²) < 4.78 is 3.31. The second kappa shape index (κ2) is 13.2. The van der Waals surface area contributed by atoms with Gasteiger partial charge in [0.15, 0.2) is 0 Å². The maximum Gasteiger partial charge on any atom is 0.303 e. The SMILES string of the molecule is CCCCNSSCCCCCCC(=O)O. The van der Waals surface area contributed by atoms with Gasteiger partial charge in [0.05, 0.1) is 0 Å². The van der Waals surface area contributed by atoms with Gasteiger partial charge in [-0.3, -0.25) is 9.52 Å². The Labute approximate surface area is 107 Å². The van der Waals surface area contributed by atoms with Crippen molar-refractivity contribution in [1.82, 2.24) is 4.72 Å². The first-order valence-corrected chi connectivity index (χ1v) is 8.32. The molecule has 0 amide bonds. The van der Waals surface area contributed by atoms with Crippen LogP contribution in [0.4, 0.5) is 0 Å². The van der Waals surface area contributed by atoms with Crippen LogP contribution in [0.3, 0.4) is 0 Å². The van der Waals surface area contributed by atoms with Crippen molar-refractivity contribution in [3.63, 3.8) is 0 Å². The van der Waals surface area contributed by atoms with E-state index in [4.69, 9.17) is 5.11 Å². The molecule has 0 aliphatic heterocycles. The lowest BCUT2D eigenvalue weighted by Gasteiger charge is -2.02. The van der Waals surface area contributed by atoms with Gasteiger partial charge in [-0.05, 0) is 30.2 Å². The smallest absolute Gasteiger partial charge is 0.303 e. The van der Waals surface area contributed by atoms with Crippen molar-refractivity contribution in [2.45, 2.75) is 51.9 Å². The summed E-state index contributed by atoms with van der Waals surface area (Å²) >= 11 is 0. The summed E-state index contributed by atoms with van der Waals surface area (Å²) in [7, 11) is 3.59. The molecule has 96 valence electrons. The molecule has 0 aromatic heterocycles. The van der Waals surface area contributed by atoms with Crippen LogP contribution in [-0.4, -0.2) is 23.4 Å². The highest BCUT2D eigenvalue weighted by molar-refractivity contribution is 8.76. The first-order valence-electron chi connectivity index (χ1n) is 6.00. The minimum absolute atomic E-state index is 0.320. The first kappa shape index (κ1) is 16.1. The van der Waals surface area contributed by atoms with Crippen LogP contribution in [0.5, 0.6) is 0 Å². The molecule has 0 unspecified atom stereocenters. The summed E-state index contributed by atoms with van der Waals surface area (Å²) in [5.41, 5.74) is 0. The third-order valence-electron chi connectivity index (χ3n) is 2.12. The van der Waals surface area contributed by atoms with Gasteiger partial charge >= 0.3 is 5.97 Å². The third kappa shape index (κ3) is 14.1. The molecule has 0 aliphatic rings. The monoisotopic (exact) mass is 265 g/mol. The number of carbonyl (C=O) groups is 1. The number of carboxylic acid groups (broad SMARTS) is 1. The van der Waals surface area contributed by atoms with E-state index in [9.17, 15) is 4.79 Å². The van der Waals surface area contributed by atoms with E-state index in [1.807, 2.05) is 10.8 Å². The number of unbranched alkanes of at least 4 members (excludes halogenated alkanes) is 4. The van der Waals surface area contributed by atoms with E-state index in [1.165, 1.54) is 19.3 Å². The highest BCUT2D eigenvalue weighted by atomic mass is 33.1. The zero-order valence-electron chi connectivity index (χ0n) is 10.0. The molecule has 0 spiro atoms. The standard InChI is InChI=1S/C11H23NO2S2/c1-2-3-9-12-16-15-10-7-5-4-6-8-11(13)14/h12H,2-10H2,1H3,(H,13,14). The number of rotatable bonds is 12. The van der Waals surface area contributed by atoms with Crippen molar-refractivity contribution in [1.29, 1.82) is 0 Å². The van der Waals surface area contributed by atoms with E-state index in [1.54, 1.807) is 11.0 Å². The minimum atomic E-state index is -0.676. The quantitative estimate of drug-likeness (QED) is 0.320. The summed E-state index contributed by atoms with van der Waals surface area (Å²) in [6, 6.07) is 0. The molecule has 0 aliphatic carbocycles. The fourth-order valence-corrected chi connectivity index (χ4v) is 2.98. The van der Waals surface area contributed by atoms with Crippen molar-refractivity contribution in [3.8, 4) is 0 Å². The molecule has 0 saturated carbocycles. The van der Waals surface area contributed by atoms with Gasteiger partial charge in [0.1, 0.15) is 0 Å². The second-order valence-electron chi connectivity index (χ2n) is 3.71. The van der Waals surface area contributed by atoms with Crippen LogP contribution in [0.2, 0.25) is 0 Å². The molecule has 3 nitrogen and oxygen atoms in total. The van der Waals surface area contributed by atoms with Gasteiger partial charge in [-0.1, -0.05) is 37.0 Å². The van der Waals surface area contributed by atoms with Crippen LogP contribution in [0.15, 0.2) is 0 Å². The number of hydrogen-bond acceptors (Lipinski definition) is 4. The minimum Gasteiger partial charge on any atom is -0.481 e. The van der Waals surface area contributed by atoms with E-state index in [0.29, 0.717) is 6.42 Å². The second-order valence-corrected chi connectivity index (χ2v) is 6.02. The normalized spacial score (nSPS) is 10.6. The summed E-state index contributed by atoms with van der Waals surface area (Å²) in [5.74, 6) is 0.474. The summed E-state index contributed by atoms with van der Waals surface area (Å²) in [4.78, 5) is 10.2. The summed E-state index contributed by atoms with van der Waals surface area (Å²) in [6.45, 7) is 3.28. The van der Waals surface area contributed by atoms with Gasteiger partial charge in [0.2, 0.25) is 0 Å². The fourth-order valence-electron chi connectivity index (χ4n) is 1.16. The van der Waals surface area contributed by atoms with Crippen molar-refractivity contribution >= 4 is 27.7 Å². The van der Waals surface area contributed by atoms with Gasteiger partial charge in [-0.15, -0.1) is 0 Å². The maximum atomic E-state index is 10.2. The van der Waals surface area contributed by atoms with Gasteiger partial charge < -0.3 is 5.11 Å². The van der Waals surface area contributed by atoms with E-state index in [0.717, 1.165) is 31.6 Å². The lowest BCUT2D eigenvalue weighted by molar-refractivity contribution is -0.137. The Bertz CT molecular complexity index is 168. The highest BCUT2D eigenvalue weighted by Gasteiger charge is 1.96. The van der Waals surface area contributed by atoms with Crippen molar-refractivity contribution < 1.29 is 9.90 Å². The van der Waals surface area contributed by atoms with Crippen LogP contribution in [-0.2, 0) is 4.79 Å². The Morgan fingerprint density at radius 3 is 2.62 bits per heavy atom. The Morgan fingerprint density at radius 1 is 1.19 bits per heavy atom. The van der Waals surface area contributed by atoms with Gasteiger partial charge in [-0.25, -0.2) is 0 Å². The van der Waals surface area contributed by atoms with Crippen molar-refractivity contribution in [3.05, 3.63) is 0 Å². The number of hydrogen-bond donors (Lipinski definition) is 2. The lowest BCUT2D eigenvalue weighted by Crippen LogP contribution is -2.02. The molecule has 0 bridgehead atoms. The lowest BCUT2D eigenvalue weighted by atomic mass is 10.2. The molecule has 2 N–H and O–H groups in total. The fraction of sp³-hybridized carbons (Fsp3) is 0.909. The van der Waals surface area contributed by atoms with Gasteiger partial charge in [0.25, 0.3) is 0 Å². The van der Waals surface area contributed by atoms with E-state index in [-0.39, 0.29) is 0 Å². The average molecular weight is 265 g/mol. The summed E-state index contributed by atoms with van der Waals surface area (Å²) in [5, 5.41) is 8.44. The Balaban J connectivity index is 2.90. The molecule has 5 heteroatoms. The Hall–Kier alpha value is 0.130. The predicted octanol–water partition coefficient (Wildman–Crippen LogP) is 3.71. The predicted molar refractivity (Wildman–Crippen MR) is 73.7 cm³/mol. The third-order valence-corrected chi connectivity index (χ3v) is 4.22. The average Bonchev–Trinajstić information content (AvgIpc) is 2.25. The molecule has 0 atom stereocenters. The molecule has 0 aromatic rings. The highest BCUT2D eigenvalue weighted by Crippen LogP contribution is 2.19. The maximum absolute atomic E-state index is 10.2. The van der Waals surface area contributed by atoms with Crippen molar-refractivity contribution in [2.75, 3.05) is 12.3 Å². The molecule has 0 fully saturated rings. The Kier molecular flexibility index (Phi) is 13.3. The van der Waals surface area contributed by atoms with Gasteiger partial charge in [0, 0.05) is 18.7 Å². The van der Waals surface area contributed by atoms with Crippen molar-refractivity contribution in [2.24, 2.45) is 0 Å². The molecular weight excluding hydrogens is 242 g/mol. The Morgan fingerprint density at radius 2 is 1.94 bits per heavy atom. The molecule has 16 heavy (non-hydrogen) atoms. The zero-order chi connectivity index (χ0) is 12.1. The number of carboxylic acids is 1. The molecule has 0 aromatic carbocycles. The summed E-state index contributed by atoms with van der Waals surface area (Å²) in [6.07, 6.45) is 7.00. The first-order chi connectivity index (χ1) is 7.77. The van der Waals surface area contributed by atoms with Crippen LogP contribution < -0.4 is 4.72 Å².